The summed E-state index contributed by atoms with van der Waals surface area (Å²) in [5, 5.41) is 25.0. The Balaban J connectivity index is 1.14. The molecule has 4 unspecified atom stereocenters. The van der Waals surface area contributed by atoms with Crippen LogP contribution in [0.2, 0.25) is 0 Å². The van der Waals surface area contributed by atoms with Crippen molar-refractivity contribution >= 4 is 63.5 Å². The van der Waals surface area contributed by atoms with E-state index in [1.165, 1.54) is 42.0 Å². The van der Waals surface area contributed by atoms with Crippen LogP contribution in [0.5, 0.6) is 5.75 Å². The molecule has 2 aliphatic heterocycles. The minimum Gasteiger partial charge on any atom is -0.497 e. The number of nitrogens with one attached hydrogen (secondary N) is 2. The number of carbonyl (C=O) groups is 3. The van der Waals surface area contributed by atoms with Gasteiger partial charge in [-0.2, -0.15) is 0 Å². The molecule has 0 aliphatic carbocycles. The second-order valence-electron chi connectivity index (χ2n) is 14.5. The van der Waals surface area contributed by atoms with Crippen LogP contribution in [0, 0.1) is 0 Å². The van der Waals surface area contributed by atoms with E-state index in [4.69, 9.17) is 19.3 Å². The molecule has 3 heterocycles. The van der Waals surface area contributed by atoms with Crippen LogP contribution in [-0.4, -0.2) is 86.4 Å². The van der Waals surface area contributed by atoms with Crippen molar-refractivity contribution in [2.24, 2.45) is 5.16 Å². The van der Waals surface area contributed by atoms with Gasteiger partial charge in [0.15, 0.2) is 10.8 Å². The van der Waals surface area contributed by atoms with E-state index in [9.17, 15) is 19.5 Å². The number of β-lactam (4-membered cyclic amide) rings is 1. The number of oxime groups is 1. The summed E-state index contributed by atoms with van der Waals surface area (Å²) in [6.45, 7) is 5.07. The second kappa shape index (κ2) is 16.9. The Morgan fingerprint density at radius 2 is 1.47 bits per heavy atom. The summed E-state index contributed by atoms with van der Waals surface area (Å²) in [6.07, 6.45) is 0. The highest BCUT2D eigenvalue weighted by atomic mass is 32.2. The Kier molecular flexibility index (Phi) is 11.9. The molecule has 58 heavy (non-hydrogen) atoms. The van der Waals surface area contributed by atoms with Crippen LogP contribution in [0.3, 0.4) is 0 Å². The van der Waals surface area contributed by atoms with E-state index in [0.717, 1.165) is 26.5 Å². The van der Waals surface area contributed by atoms with Crippen LogP contribution in [0.15, 0.2) is 131 Å². The highest BCUT2D eigenvalue weighted by Crippen LogP contribution is 2.50. The predicted octanol–water partition coefficient (Wildman–Crippen LogP) is 6.50. The number of fused-ring (bicyclic) bond motifs is 1. The lowest BCUT2D eigenvalue weighted by molar-refractivity contribution is -0.217. The molecule has 2 saturated heterocycles. The van der Waals surface area contributed by atoms with Gasteiger partial charge in [0.1, 0.15) is 40.3 Å². The highest BCUT2D eigenvalue weighted by molar-refractivity contribution is 8.17. The zero-order valence-electron chi connectivity index (χ0n) is 32.4. The fraction of sp³-hybridized carbons (Fsp3) is 0.279. The summed E-state index contributed by atoms with van der Waals surface area (Å²) >= 11 is 3.83. The molecule has 0 saturated carbocycles. The third-order valence-corrected chi connectivity index (χ3v) is 13.4. The first-order chi connectivity index (χ1) is 27.9. The van der Waals surface area contributed by atoms with Gasteiger partial charge < -0.3 is 30.1 Å². The van der Waals surface area contributed by atoms with E-state index >= 15 is 0 Å². The molecule has 2 aliphatic rings. The lowest BCUT2D eigenvalue weighted by atomic mass is 9.77. The number of amides is 2. The summed E-state index contributed by atoms with van der Waals surface area (Å²) in [5.74, 6) is -1.33. The molecule has 5 aromatic rings. The number of esters is 1. The predicted molar refractivity (Wildman–Crippen MR) is 227 cm³/mol. The molecule has 7 rings (SSSR count). The number of ether oxygens (including phenoxy) is 2. The molecular formula is C43H43N5O7S3. The molecule has 1 aromatic heterocycles. The Morgan fingerprint density at radius 3 is 1.98 bits per heavy atom. The van der Waals surface area contributed by atoms with Crippen LogP contribution in [0.25, 0.3) is 0 Å². The fourth-order valence-electron chi connectivity index (χ4n) is 7.04. The van der Waals surface area contributed by atoms with Gasteiger partial charge >= 0.3 is 5.97 Å². The molecule has 4 atom stereocenters. The molecule has 12 nitrogen and oxygen atoms in total. The number of aromatic nitrogens is 1. The number of methoxy groups -OCH3 is 1. The van der Waals surface area contributed by atoms with Crippen molar-refractivity contribution in [1.82, 2.24) is 15.2 Å². The Labute approximate surface area is 349 Å². The van der Waals surface area contributed by atoms with Gasteiger partial charge in [-0.1, -0.05) is 96.2 Å². The lowest BCUT2D eigenvalue weighted by Crippen LogP contribution is -2.83. The number of carbonyl (C=O) groups excluding carboxylic acids is 3. The van der Waals surface area contributed by atoms with Gasteiger partial charge in [0.25, 0.3) is 11.6 Å². The molecular weight excluding hydrogens is 795 g/mol. The van der Waals surface area contributed by atoms with E-state index in [-0.39, 0.29) is 11.4 Å². The van der Waals surface area contributed by atoms with Crippen molar-refractivity contribution in [3.05, 3.63) is 143 Å². The van der Waals surface area contributed by atoms with Crippen LogP contribution < -0.4 is 15.4 Å². The summed E-state index contributed by atoms with van der Waals surface area (Å²) in [5.41, 5.74) is -1.16. The van der Waals surface area contributed by atoms with Gasteiger partial charge in [-0.3, -0.25) is 14.5 Å². The molecule has 0 spiro atoms. The van der Waals surface area contributed by atoms with E-state index < -0.39 is 51.3 Å². The number of rotatable bonds is 13. The largest absolute Gasteiger partial charge is 0.497 e. The molecule has 2 amide bonds. The van der Waals surface area contributed by atoms with Gasteiger partial charge in [0.05, 0.1) is 13.2 Å². The first-order valence-electron chi connectivity index (χ1n) is 18.4. The van der Waals surface area contributed by atoms with Crippen molar-refractivity contribution in [1.29, 1.82) is 0 Å². The molecule has 300 valence electrons. The number of benzene rings is 4. The molecule has 0 bridgehead atoms. The topological polar surface area (TPSA) is 152 Å². The number of aliphatic hydroxyl groups is 1. The summed E-state index contributed by atoms with van der Waals surface area (Å²) in [7, 11) is 2.88. The zero-order valence-corrected chi connectivity index (χ0v) is 34.9. The number of anilines is 1. The van der Waals surface area contributed by atoms with Crippen molar-refractivity contribution in [2.75, 3.05) is 25.3 Å². The summed E-state index contributed by atoms with van der Waals surface area (Å²) in [4.78, 5) is 53.7. The number of thiazole rings is 1. The van der Waals surface area contributed by atoms with Gasteiger partial charge in [-0.15, -0.1) is 34.9 Å². The van der Waals surface area contributed by atoms with Gasteiger partial charge in [0, 0.05) is 16.0 Å². The third-order valence-electron chi connectivity index (χ3n) is 9.68. The quantitative estimate of drug-likeness (QED) is 0.0392. The number of hydrogen-bond acceptors (Lipinski definition) is 13. The smallest absolute Gasteiger partial charge is 0.362 e. The van der Waals surface area contributed by atoms with Gasteiger partial charge in [-0.25, -0.2) is 9.78 Å². The monoisotopic (exact) mass is 837 g/mol. The van der Waals surface area contributed by atoms with Gasteiger partial charge in [0.2, 0.25) is 5.91 Å². The first-order valence-corrected chi connectivity index (χ1v) is 21.2. The Morgan fingerprint density at radius 1 is 0.897 bits per heavy atom. The van der Waals surface area contributed by atoms with Crippen molar-refractivity contribution in [3.63, 3.8) is 0 Å². The van der Waals surface area contributed by atoms with Crippen LogP contribution >= 0.6 is 34.9 Å². The average molecular weight is 838 g/mol. The summed E-state index contributed by atoms with van der Waals surface area (Å²) in [6, 6.07) is 35.5. The van der Waals surface area contributed by atoms with Crippen LogP contribution in [0.1, 0.15) is 43.2 Å². The highest BCUT2D eigenvalue weighted by Gasteiger charge is 2.67. The molecule has 15 heteroatoms. The van der Waals surface area contributed by atoms with Crippen molar-refractivity contribution in [2.45, 2.75) is 59.2 Å². The summed E-state index contributed by atoms with van der Waals surface area (Å²) < 4.78 is 10.1. The lowest BCUT2D eigenvalue weighted by Gasteiger charge is -2.58. The maximum atomic E-state index is 14.0. The van der Waals surface area contributed by atoms with Crippen molar-refractivity contribution < 1.29 is 33.8 Å². The zero-order chi connectivity index (χ0) is 41.1. The fourth-order valence-corrected chi connectivity index (χ4v) is 10.7. The minimum absolute atomic E-state index is 0.151. The Bertz CT molecular complexity index is 2170. The molecule has 4 aromatic carbocycles. The molecule has 0 radical (unpaired) electrons. The van der Waals surface area contributed by atoms with Crippen molar-refractivity contribution in [3.8, 4) is 5.75 Å². The number of nitrogens with zero attached hydrogens (tertiary/aromatic N) is 3. The van der Waals surface area contributed by atoms with Crippen LogP contribution in [-0.2, 0) is 29.5 Å². The second-order valence-corrected chi connectivity index (χ2v) is 18.0. The minimum atomic E-state index is -2.34. The van der Waals surface area contributed by atoms with E-state index in [1.807, 2.05) is 66.7 Å². The average Bonchev–Trinajstić information content (AvgIpc) is 3.70. The molecule has 3 N–H and O–H groups in total. The number of thioether (sulfide) groups is 2. The van der Waals surface area contributed by atoms with E-state index in [1.54, 1.807) is 45.4 Å². The number of hydrogen-bond donors (Lipinski definition) is 3. The normalized spacial score (nSPS) is 20.7. The maximum absolute atomic E-state index is 14.0. The molecule has 2 fully saturated rings. The third kappa shape index (κ3) is 7.91. The van der Waals surface area contributed by atoms with E-state index in [0.29, 0.717) is 16.6 Å². The van der Waals surface area contributed by atoms with Crippen LogP contribution in [0.4, 0.5) is 5.13 Å². The Hall–Kier alpha value is -5.35. The maximum Gasteiger partial charge on any atom is 0.362 e. The van der Waals surface area contributed by atoms with Gasteiger partial charge in [-0.05, 0) is 61.7 Å². The van der Waals surface area contributed by atoms with E-state index in [2.05, 4.69) is 52.2 Å². The first kappa shape index (κ1) is 40.8. The SMILES string of the molecule is CON=C(C(=O)NC1C(=O)N2C1CSC(Sc1ccc(OC)cc1)C2(O)C(=O)OC(C)(C)C)c1csc(NC(c2ccccc2)(c2ccccc2)c2ccccc2)n1. The standard InChI is InChI=1S/C43H43N5O7S3/c1-41(2,3)55-38(51)43(52)39(58-31-23-21-30(53-4)22-24-31)56-26-33-35(37(50)48(33)43)45-36(49)34(47-54-5)32-25-57-40(44-32)46-42(27-15-9-6-10-16-27,28-17-11-7-12-18-28)29-19-13-8-14-20-29/h6-25,33,35,39,52H,26H2,1-5H3,(H,44,46)(H,45,49).